The molecule has 0 aromatic heterocycles. The van der Waals surface area contributed by atoms with Gasteiger partial charge >= 0.3 is 5.97 Å². The maximum atomic E-state index is 12.2. The van der Waals surface area contributed by atoms with Crippen molar-refractivity contribution in [2.45, 2.75) is 90.4 Å². The van der Waals surface area contributed by atoms with Crippen LogP contribution in [0.1, 0.15) is 72.6 Å². The molecule has 0 unspecified atom stereocenters. The van der Waals surface area contributed by atoms with Gasteiger partial charge in [-0.1, -0.05) is 19.9 Å². The molecule has 4 fully saturated rings. The Bertz CT molecular complexity index is 741. The summed E-state index contributed by atoms with van der Waals surface area (Å²) in [5.41, 5.74) is 1.25. The zero-order valence-corrected chi connectivity index (χ0v) is 17.0. The highest BCUT2D eigenvalue weighted by Crippen LogP contribution is 2.73. The molecule has 0 aromatic rings. The Labute approximate surface area is 162 Å². The number of carbonyl (C=O) groups excluding carboxylic acids is 2. The fourth-order valence-corrected chi connectivity index (χ4v) is 8.09. The number of carbonyl (C=O) groups is 2. The van der Waals surface area contributed by atoms with E-state index in [4.69, 9.17) is 9.47 Å². The average Bonchev–Trinajstić information content (AvgIpc) is 3.15. The molecule has 3 saturated carbocycles. The molecule has 1 aliphatic heterocycles. The summed E-state index contributed by atoms with van der Waals surface area (Å²) in [6.45, 7) is 8.03. The van der Waals surface area contributed by atoms with Gasteiger partial charge in [-0.25, -0.2) is 0 Å². The van der Waals surface area contributed by atoms with Gasteiger partial charge in [-0.05, 0) is 74.2 Å². The summed E-state index contributed by atoms with van der Waals surface area (Å²) >= 11 is 0. The Morgan fingerprint density at radius 1 is 1.15 bits per heavy atom. The van der Waals surface area contributed by atoms with Crippen LogP contribution >= 0.6 is 0 Å². The second-order valence-corrected chi connectivity index (χ2v) is 10.4. The first kappa shape index (κ1) is 17.9. The van der Waals surface area contributed by atoms with Crippen molar-refractivity contribution >= 4 is 11.8 Å². The number of allylic oxidation sites excluding steroid dienone is 2. The molecule has 0 amide bonds. The molecule has 8 atom stereocenters. The second kappa shape index (κ2) is 5.46. The number of ether oxygens (including phenoxy) is 2. The Hall–Kier alpha value is -1.16. The topological polar surface area (TPSA) is 55.9 Å². The van der Waals surface area contributed by atoms with Crippen LogP contribution in [-0.4, -0.2) is 29.6 Å². The highest BCUT2D eigenvalue weighted by Gasteiger charge is 2.76. The predicted molar refractivity (Wildman–Crippen MR) is 101 cm³/mol. The highest BCUT2D eigenvalue weighted by atomic mass is 16.6. The van der Waals surface area contributed by atoms with Gasteiger partial charge < -0.3 is 9.47 Å². The Kier molecular flexibility index (Phi) is 3.62. The van der Waals surface area contributed by atoms with Crippen molar-refractivity contribution in [1.82, 2.24) is 0 Å². The Balaban J connectivity index is 1.43. The zero-order chi connectivity index (χ0) is 19.2. The van der Waals surface area contributed by atoms with E-state index in [9.17, 15) is 9.59 Å². The lowest BCUT2D eigenvalue weighted by Crippen LogP contribution is -2.58. The smallest absolute Gasteiger partial charge is 0.302 e. The van der Waals surface area contributed by atoms with Crippen LogP contribution < -0.4 is 0 Å². The van der Waals surface area contributed by atoms with E-state index < -0.39 is 0 Å². The molecule has 0 N–H and O–H groups in total. The van der Waals surface area contributed by atoms with E-state index in [0.29, 0.717) is 23.9 Å². The molecule has 4 nitrogen and oxygen atoms in total. The molecule has 27 heavy (non-hydrogen) atoms. The second-order valence-electron chi connectivity index (χ2n) is 10.4. The van der Waals surface area contributed by atoms with Crippen molar-refractivity contribution in [3.05, 3.63) is 11.6 Å². The number of Topliss-reactive ketones (excluding diaryl/α,β-unsaturated/α-hetero) is 1. The fourth-order valence-electron chi connectivity index (χ4n) is 8.09. The summed E-state index contributed by atoms with van der Waals surface area (Å²) in [4.78, 5) is 23.7. The minimum Gasteiger partial charge on any atom is -0.462 e. The lowest BCUT2D eigenvalue weighted by Gasteiger charge is -2.59. The van der Waals surface area contributed by atoms with Gasteiger partial charge in [-0.2, -0.15) is 0 Å². The quantitative estimate of drug-likeness (QED) is 0.538. The molecular weight excluding hydrogens is 340 g/mol. The van der Waals surface area contributed by atoms with Crippen molar-refractivity contribution < 1.29 is 19.1 Å². The van der Waals surface area contributed by atoms with Crippen LogP contribution in [0.2, 0.25) is 0 Å². The number of hydrogen-bond acceptors (Lipinski definition) is 4. The predicted octanol–water partition coefficient (Wildman–Crippen LogP) is 4.22. The van der Waals surface area contributed by atoms with E-state index in [0.717, 1.165) is 44.1 Å². The number of fused-ring (bicyclic) bond motifs is 4. The molecule has 1 heterocycles. The highest BCUT2D eigenvalue weighted by molar-refractivity contribution is 5.95. The van der Waals surface area contributed by atoms with E-state index in [1.807, 2.05) is 0 Å². The SMILES string of the molecule is CC(=O)O[C@H]1CC[C@]2(C)[C@H]3CC[C@]4(C)C(C(C)=O)=CC[C@H]4[C@@H]3C[C@@H]3O[C@]32C1. The van der Waals surface area contributed by atoms with Crippen LogP contribution in [0, 0.1) is 28.6 Å². The van der Waals surface area contributed by atoms with Crippen LogP contribution in [-0.2, 0) is 19.1 Å². The summed E-state index contributed by atoms with van der Waals surface area (Å²) in [6, 6.07) is 0. The van der Waals surface area contributed by atoms with Crippen molar-refractivity contribution in [3.8, 4) is 0 Å². The van der Waals surface area contributed by atoms with Crippen molar-refractivity contribution in [2.75, 3.05) is 0 Å². The average molecular weight is 373 g/mol. The van der Waals surface area contributed by atoms with Crippen LogP contribution in [0.3, 0.4) is 0 Å². The number of hydrogen-bond donors (Lipinski definition) is 0. The summed E-state index contributed by atoms with van der Waals surface area (Å²) in [6.07, 6.45) is 9.96. The molecule has 148 valence electrons. The molecule has 1 spiro atoms. The van der Waals surface area contributed by atoms with Gasteiger partial charge in [0.1, 0.15) is 11.7 Å². The van der Waals surface area contributed by atoms with E-state index in [1.54, 1.807) is 6.92 Å². The van der Waals surface area contributed by atoms with E-state index >= 15 is 0 Å². The van der Waals surface area contributed by atoms with Crippen molar-refractivity contribution in [3.63, 3.8) is 0 Å². The van der Waals surface area contributed by atoms with Gasteiger partial charge in [0.25, 0.3) is 0 Å². The molecular formula is C23H32O4. The number of rotatable bonds is 2. The van der Waals surface area contributed by atoms with E-state index in [-0.39, 0.29) is 34.3 Å². The van der Waals surface area contributed by atoms with Crippen LogP contribution in [0.15, 0.2) is 11.6 Å². The fraction of sp³-hybridized carbons (Fsp3) is 0.826. The molecule has 0 radical (unpaired) electrons. The molecule has 4 aliphatic carbocycles. The number of epoxide rings is 1. The maximum absolute atomic E-state index is 12.2. The van der Waals surface area contributed by atoms with Crippen LogP contribution in [0.25, 0.3) is 0 Å². The third-order valence-electron chi connectivity index (χ3n) is 9.33. The minimum absolute atomic E-state index is 0.0171. The molecule has 0 aromatic carbocycles. The summed E-state index contributed by atoms with van der Waals surface area (Å²) < 4.78 is 12.0. The normalized spacial score (nSPS) is 52.6. The molecule has 4 heteroatoms. The first-order valence-electron chi connectivity index (χ1n) is 10.8. The monoisotopic (exact) mass is 372 g/mol. The third kappa shape index (κ3) is 2.19. The summed E-state index contributed by atoms with van der Waals surface area (Å²) in [5, 5.41) is 0. The molecule has 5 aliphatic rings. The molecule has 1 saturated heterocycles. The first-order valence-corrected chi connectivity index (χ1v) is 10.8. The third-order valence-corrected chi connectivity index (χ3v) is 9.33. The standard InChI is InChI=1S/C23H32O4/c1-13(24)17-5-6-18-16-11-20-23(27-20)12-15(26-14(2)25)7-10-22(23,4)19(16)8-9-21(17,18)3/h5,15-16,18-20H,6-12H2,1-4H3/t15-,16-,18-,19-,20-,21+,22+,23+/m0/s1. The number of esters is 1. The number of ketones is 1. The lowest BCUT2D eigenvalue weighted by molar-refractivity contribution is -0.156. The zero-order valence-electron chi connectivity index (χ0n) is 17.0. The van der Waals surface area contributed by atoms with Crippen molar-refractivity contribution in [2.24, 2.45) is 28.6 Å². The van der Waals surface area contributed by atoms with E-state index in [2.05, 4.69) is 19.9 Å². The minimum atomic E-state index is -0.173. The summed E-state index contributed by atoms with van der Waals surface area (Å²) in [5.74, 6) is 1.98. The Morgan fingerprint density at radius 2 is 1.93 bits per heavy atom. The van der Waals surface area contributed by atoms with Gasteiger partial charge in [0, 0.05) is 18.8 Å². The van der Waals surface area contributed by atoms with Gasteiger partial charge in [0.15, 0.2) is 5.78 Å². The maximum Gasteiger partial charge on any atom is 0.302 e. The van der Waals surface area contributed by atoms with Gasteiger partial charge in [0.2, 0.25) is 0 Å². The van der Waals surface area contributed by atoms with Gasteiger partial charge in [-0.3, -0.25) is 9.59 Å². The van der Waals surface area contributed by atoms with Crippen LogP contribution in [0.4, 0.5) is 0 Å². The van der Waals surface area contributed by atoms with E-state index in [1.165, 1.54) is 13.3 Å². The van der Waals surface area contributed by atoms with Crippen molar-refractivity contribution in [1.29, 1.82) is 0 Å². The largest absolute Gasteiger partial charge is 0.462 e. The summed E-state index contributed by atoms with van der Waals surface area (Å²) in [7, 11) is 0. The van der Waals surface area contributed by atoms with Gasteiger partial charge in [-0.15, -0.1) is 0 Å². The Morgan fingerprint density at radius 3 is 2.63 bits per heavy atom. The lowest BCUT2D eigenvalue weighted by atomic mass is 9.44. The molecule has 5 rings (SSSR count). The first-order chi connectivity index (χ1) is 12.7. The van der Waals surface area contributed by atoms with Gasteiger partial charge in [0.05, 0.1) is 6.10 Å². The molecule has 0 bridgehead atoms. The van der Waals surface area contributed by atoms with Crippen LogP contribution in [0.5, 0.6) is 0 Å².